The molecule has 2 N–H and O–H groups in total. The number of hydrogen-bond acceptors (Lipinski definition) is 4. The molecule has 0 saturated carbocycles. The predicted octanol–water partition coefficient (Wildman–Crippen LogP) is 1.49. The summed E-state index contributed by atoms with van der Waals surface area (Å²) in [6.07, 6.45) is 5.20. The highest BCUT2D eigenvalue weighted by Gasteiger charge is 2.27. The van der Waals surface area contributed by atoms with Gasteiger partial charge in [0.25, 0.3) is 5.91 Å². The number of piperidine rings is 1. The molecule has 1 saturated heterocycles. The number of carbonyl (C=O) groups is 1. The minimum absolute atomic E-state index is 0.0687. The van der Waals surface area contributed by atoms with Gasteiger partial charge in [-0.1, -0.05) is 0 Å². The summed E-state index contributed by atoms with van der Waals surface area (Å²) < 4.78 is 0. The van der Waals surface area contributed by atoms with Crippen molar-refractivity contribution < 1.29 is 4.79 Å². The zero-order valence-electron chi connectivity index (χ0n) is 12.5. The van der Waals surface area contributed by atoms with Gasteiger partial charge < -0.3 is 15.5 Å². The molecule has 0 radical (unpaired) electrons. The van der Waals surface area contributed by atoms with E-state index in [9.17, 15) is 4.79 Å². The fourth-order valence-electron chi connectivity index (χ4n) is 2.91. The van der Waals surface area contributed by atoms with Gasteiger partial charge >= 0.3 is 0 Å². The largest absolute Gasteiger partial charge is 0.364 e. The first-order valence-electron chi connectivity index (χ1n) is 7.20. The van der Waals surface area contributed by atoms with Crippen LogP contribution in [0.5, 0.6) is 0 Å². The van der Waals surface area contributed by atoms with E-state index in [-0.39, 0.29) is 5.91 Å². The number of carbonyl (C=O) groups excluding carboxylic acids is 1. The van der Waals surface area contributed by atoms with Gasteiger partial charge in [0.15, 0.2) is 0 Å². The molecular formula is C15H24N4O. The molecule has 0 aliphatic carbocycles. The molecule has 2 atom stereocenters. The van der Waals surface area contributed by atoms with Crippen LogP contribution in [-0.2, 0) is 0 Å². The molecule has 1 aromatic heterocycles. The van der Waals surface area contributed by atoms with Crippen molar-refractivity contribution >= 4 is 11.6 Å². The van der Waals surface area contributed by atoms with Gasteiger partial charge in [0, 0.05) is 44.6 Å². The number of rotatable bonds is 3. The van der Waals surface area contributed by atoms with Gasteiger partial charge in [-0.15, -0.1) is 0 Å². The Morgan fingerprint density at radius 1 is 1.50 bits per heavy atom. The summed E-state index contributed by atoms with van der Waals surface area (Å²) in [6, 6.07) is 4.65. The number of nitrogens with two attached hydrogens (primary N) is 1. The van der Waals surface area contributed by atoms with Gasteiger partial charge in [0.1, 0.15) is 5.69 Å². The van der Waals surface area contributed by atoms with Crippen molar-refractivity contribution in [3.05, 3.63) is 24.0 Å². The summed E-state index contributed by atoms with van der Waals surface area (Å²) in [5, 5.41) is 0. The van der Waals surface area contributed by atoms with Crippen LogP contribution in [0.15, 0.2) is 18.3 Å². The Morgan fingerprint density at radius 2 is 2.25 bits per heavy atom. The Labute approximate surface area is 120 Å². The van der Waals surface area contributed by atoms with Crippen molar-refractivity contribution in [2.75, 3.05) is 25.5 Å². The Bertz CT molecular complexity index is 475. The SMILES string of the molecule is CC1CCCC(CN)N1c1ccnc(C(=O)N(C)C)c1. The third kappa shape index (κ3) is 2.93. The van der Waals surface area contributed by atoms with Gasteiger partial charge in [-0.05, 0) is 38.3 Å². The number of amides is 1. The van der Waals surface area contributed by atoms with Crippen molar-refractivity contribution in [1.82, 2.24) is 9.88 Å². The van der Waals surface area contributed by atoms with Crippen LogP contribution >= 0.6 is 0 Å². The smallest absolute Gasteiger partial charge is 0.272 e. The first kappa shape index (κ1) is 14.8. The summed E-state index contributed by atoms with van der Waals surface area (Å²) in [6.45, 7) is 2.86. The molecule has 5 nitrogen and oxygen atoms in total. The third-order valence-corrected chi connectivity index (χ3v) is 3.97. The van der Waals surface area contributed by atoms with E-state index in [0.29, 0.717) is 24.3 Å². The molecule has 0 spiro atoms. The van der Waals surface area contributed by atoms with Gasteiger partial charge in [-0.25, -0.2) is 0 Å². The lowest BCUT2D eigenvalue weighted by Gasteiger charge is -2.42. The molecular weight excluding hydrogens is 252 g/mol. The van der Waals surface area contributed by atoms with Crippen LogP contribution in [0.1, 0.15) is 36.7 Å². The topological polar surface area (TPSA) is 62.5 Å². The van der Waals surface area contributed by atoms with Crippen molar-refractivity contribution in [2.45, 2.75) is 38.3 Å². The van der Waals surface area contributed by atoms with E-state index in [2.05, 4.69) is 16.8 Å². The van der Waals surface area contributed by atoms with Gasteiger partial charge in [-0.2, -0.15) is 0 Å². The maximum atomic E-state index is 12.0. The average molecular weight is 276 g/mol. The fraction of sp³-hybridized carbons (Fsp3) is 0.600. The van der Waals surface area contributed by atoms with E-state index in [4.69, 9.17) is 5.73 Å². The summed E-state index contributed by atoms with van der Waals surface area (Å²) in [7, 11) is 3.48. The monoisotopic (exact) mass is 276 g/mol. The Balaban J connectivity index is 2.31. The van der Waals surface area contributed by atoms with E-state index in [0.717, 1.165) is 18.5 Å². The molecule has 20 heavy (non-hydrogen) atoms. The lowest BCUT2D eigenvalue weighted by atomic mass is 9.95. The number of pyridine rings is 1. The summed E-state index contributed by atoms with van der Waals surface area (Å²) >= 11 is 0. The van der Waals surface area contributed by atoms with E-state index >= 15 is 0 Å². The molecule has 5 heteroatoms. The second kappa shape index (κ2) is 6.22. The van der Waals surface area contributed by atoms with E-state index in [1.807, 2.05) is 12.1 Å². The molecule has 2 heterocycles. The first-order chi connectivity index (χ1) is 9.54. The number of aromatic nitrogens is 1. The minimum Gasteiger partial charge on any atom is -0.364 e. The molecule has 1 fully saturated rings. The average Bonchev–Trinajstić information content (AvgIpc) is 2.46. The van der Waals surface area contributed by atoms with E-state index in [1.165, 1.54) is 6.42 Å². The Kier molecular flexibility index (Phi) is 4.60. The fourth-order valence-corrected chi connectivity index (χ4v) is 2.91. The second-order valence-corrected chi connectivity index (χ2v) is 5.68. The maximum Gasteiger partial charge on any atom is 0.272 e. The molecule has 1 aliphatic rings. The first-order valence-corrected chi connectivity index (χ1v) is 7.20. The minimum atomic E-state index is -0.0687. The molecule has 1 aromatic rings. The zero-order chi connectivity index (χ0) is 14.7. The van der Waals surface area contributed by atoms with Crippen LogP contribution in [0.2, 0.25) is 0 Å². The van der Waals surface area contributed by atoms with Crippen LogP contribution < -0.4 is 10.6 Å². The van der Waals surface area contributed by atoms with Gasteiger partial charge in [0.05, 0.1) is 0 Å². The zero-order valence-corrected chi connectivity index (χ0v) is 12.5. The van der Waals surface area contributed by atoms with Crippen molar-refractivity contribution in [1.29, 1.82) is 0 Å². The molecule has 2 rings (SSSR count). The third-order valence-electron chi connectivity index (χ3n) is 3.97. The summed E-state index contributed by atoms with van der Waals surface area (Å²) in [4.78, 5) is 20.1. The molecule has 2 unspecified atom stereocenters. The predicted molar refractivity (Wildman–Crippen MR) is 80.9 cm³/mol. The maximum absolute atomic E-state index is 12.0. The lowest BCUT2D eigenvalue weighted by molar-refractivity contribution is 0.0822. The van der Waals surface area contributed by atoms with Gasteiger partial charge in [0.2, 0.25) is 0 Å². The lowest BCUT2D eigenvalue weighted by Crippen LogP contribution is -2.49. The summed E-state index contributed by atoms with van der Waals surface area (Å²) in [5.74, 6) is -0.0687. The highest BCUT2D eigenvalue weighted by atomic mass is 16.2. The van der Waals surface area contributed by atoms with Crippen molar-refractivity contribution in [3.8, 4) is 0 Å². The normalized spacial score (nSPS) is 22.7. The molecule has 0 bridgehead atoms. The van der Waals surface area contributed by atoms with Crippen LogP contribution in [0.25, 0.3) is 0 Å². The summed E-state index contributed by atoms with van der Waals surface area (Å²) in [5.41, 5.74) is 7.44. The number of hydrogen-bond donors (Lipinski definition) is 1. The highest BCUT2D eigenvalue weighted by molar-refractivity contribution is 5.92. The molecule has 0 aromatic carbocycles. The van der Waals surface area contributed by atoms with Crippen LogP contribution in [0.4, 0.5) is 5.69 Å². The standard InChI is InChI=1S/C15H24N4O/c1-11-5-4-6-13(10-16)19(11)12-7-8-17-14(9-12)15(20)18(2)3/h7-9,11,13H,4-6,10,16H2,1-3H3. The molecule has 1 amide bonds. The quantitative estimate of drug-likeness (QED) is 0.908. The Hall–Kier alpha value is -1.62. The van der Waals surface area contributed by atoms with Crippen molar-refractivity contribution in [3.63, 3.8) is 0 Å². The van der Waals surface area contributed by atoms with E-state index in [1.54, 1.807) is 25.2 Å². The second-order valence-electron chi connectivity index (χ2n) is 5.68. The number of anilines is 1. The van der Waals surface area contributed by atoms with E-state index < -0.39 is 0 Å². The number of nitrogens with zero attached hydrogens (tertiary/aromatic N) is 3. The highest BCUT2D eigenvalue weighted by Crippen LogP contribution is 2.29. The van der Waals surface area contributed by atoms with Crippen LogP contribution in [0.3, 0.4) is 0 Å². The van der Waals surface area contributed by atoms with Crippen LogP contribution in [-0.4, -0.2) is 48.5 Å². The molecule has 1 aliphatic heterocycles. The molecule has 110 valence electrons. The Morgan fingerprint density at radius 3 is 2.90 bits per heavy atom. The van der Waals surface area contributed by atoms with Crippen LogP contribution in [0, 0.1) is 0 Å². The van der Waals surface area contributed by atoms with Gasteiger partial charge in [-0.3, -0.25) is 9.78 Å². The van der Waals surface area contributed by atoms with Crippen molar-refractivity contribution in [2.24, 2.45) is 5.73 Å².